The lowest BCUT2D eigenvalue weighted by molar-refractivity contribution is -0.127. The molecule has 1 unspecified atom stereocenters. The second-order valence-electron chi connectivity index (χ2n) is 12.5. The molecule has 4 heterocycles. The zero-order valence-corrected chi connectivity index (χ0v) is 29.2. The van der Waals surface area contributed by atoms with Crippen LogP contribution in [0.5, 0.6) is 11.5 Å². The number of carbonyl (C=O) groups excluding carboxylic acids is 1. The molecule has 0 aliphatic carbocycles. The summed E-state index contributed by atoms with van der Waals surface area (Å²) >= 11 is 2.53. The van der Waals surface area contributed by atoms with Crippen LogP contribution in [-0.4, -0.2) is 106 Å². The summed E-state index contributed by atoms with van der Waals surface area (Å²) in [6.07, 6.45) is 0.935. The first-order chi connectivity index (χ1) is 23.6. The first kappa shape index (κ1) is 36.4. The number of thiazole rings is 2. The number of hydrogen-bond acceptors (Lipinski definition) is 12. The summed E-state index contributed by atoms with van der Waals surface area (Å²) < 4.78 is 12.9. The topological polar surface area (TPSA) is 178 Å². The molecule has 6 rings (SSSR count). The van der Waals surface area contributed by atoms with Gasteiger partial charge in [0.05, 0.1) is 34.6 Å². The first-order valence-corrected chi connectivity index (χ1v) is 17.9. The maximum absolute atomic E-state index is 13.2. The third-order valence-corrected chi connectivity index (χ3v) is 10.8. The highest BCUT2D eigenvalue weighted by molar-refractivity contribution is 7.16. The molecule has 49 heavy (non-hydrogen) atoms. The van der Waals surface area contributed by atoms with Gasteiger partial charge in [-0.15, -0.1) is 11.3 Å². The zero-order chi connectivity index (χ0) is 35.0. The van der Waals surface area contributed by atoms with Crippen LogP contribution in [0.25, 0.3) is 10.2 Å². The number of aromatic hydroxyl groups is 1. The van der Waals surface area contributed by atoms with E-state index >= 15 is 0 Å². The number of hydrogen-bond donors (Lipinski definition) is 5. The van der Waals surface area contributed by atoms with E-state index in [1.165, 1.54) is 6.07 Å². The minimum atomic E-state index is -0.825. The minimum absolute atomic E-state index is 0.00745. The van der Waals surface area contributed by atoms with Crippen molar-refractivity contribution in [1.29, 1.82) is 0 Å². The Bertz CT molecular complexity index is 1750. The van der Waals surface area contributed by atoms with Gasteiger partial charge in [0.15, 0.2) is 0 Å². The number of carbonyl (C=O) groups is 2. The van der Waals surface area contributed by atoms with Gasteiger partial charge in [-0.25, -0.2) is 4.98 Å². The van der Waals surface area contributed by atoms with E-state index in [1.807, 2.05) is 34.5 Å². The van der Waals surface area contributed by atoms with Crippen molar-refractivity contribution < 1.29 is 34.4 Å². The number of nitrogens with one attached hydrogen (secondary N) is 2. The third kappa shape index (κ3) is 9.23. The summed E-state index contributed by atoms with van der Waals surface area (Å²) in [6, 6.07) is 11.0. The number of rotatable bonds is 11. The Balaban J connectivity index is 0.00000151. The monoisotopic (exact) mass is 713 g/mol. The fraction of sp³-hybridized carbons (Fsp3) is 0.471. The number of morpholine rings is 1. The second kappa shape index (κ2) is 16.7. The molecule has 0 saturated carbocycles. The molecule has 1 atom stereocenters. The Hall–Kier alpha value is -3.86. The normalized spacial score (nSPS) is 16.8. The summed E-state index contributed by atoms with van der Waals surface area (Å²) in [5.41, 5.74) is 2.27. The molecule has 1 spiro atoms. The SMILES string of the molecule is CC(C)c1nc(C(=O)N2CCOC3(CCN(CCOc4ccc(CNCC(O)c5ccc(O)c6[nH]c(=O)sc56)cc4)CC3)C2)cs1.O=CO. The number of fused-ring (bicyclic) bond motifs is 1. The first-order valence-electron chi connectivity index (χ1n) is 16.3. The van der Waals surface area contributed by atoms with Gasteiger partial charge < -0.3 is 40.0 Å². The fourth-order valence-corrected chi connectivity index (χ4v) is 7.81. The van der Waals surface area contributed by atoms with Gasteiger partial charge in [-0.3, -0.25) is 19.3 Å². The maximum atomic E-state index is 13.2. The number of aromatic nitrogens is 2. The van der Waals surface area contributed by atoms with E-state index in [1.54, 1.807) is 17.4 Å². The lowest BCUT2D eigenvalue weighted by Gasteiger charge is -2.47. The van der Waals surface area contributed by atoms with E-state index in [4.69, 9.17) is 19.4 Å². The molecule has 2 saturated heterocycles. The molecule has 13 nitrogen and oxygen atoms in total. The van der Waals surface area contributed by atoms with Gasteiger partial charge in [0.2, 0.25) is 0 Å². The molecular formula is C34H43N5O8S2. The van der Waals surface area contributed by atoms with Crippen LogP contribution in [0.3, 0.4) is 0 Å². The Morgan fingerprint density at radius 2 is 1.92 bits per heavy atom. The predicted molar refractivity (Wildman–Crippen MR) is 188 cm³/mol. The highest BCUT2D eigenvalue weighted by atomic mass is 32.1. The van der Waals surface area contributed by atoms with Crippen molar-refractivity contribution in [2.24, 2.45) is 0 Å². The molecule has 4 aromatic rings. The molecule has 2 aromatic heterocycles. The lowest BCUT2D eigenvalue weighted by Crippen LogP contribution is -2.58. The predicted octanol–water partition coefficient (Wildman–Crippen LogP) is 3.79. The van der Waals surface area contributed by atoms with E-state index in [0.29, 0.717) is 66.8 Å². The number of carboxylic acid groups (broad SMARTS) is 1. The number of benzene rings is 2. The number of nitrogens with zero attached hydrogens (tertiary/aromatic N) is 3. The average molecular weight is 714 g/mol. The number of amides is 1. The van der Waals surface area contributed by atoms with E-state index < -0.39 is 6.10 Å². The van der Waals surface area contributed by atoms with Crippen LogP contribution in [0.1, 0.15) is 65.3 Å². The maximum Gasteiger partial charge on any atom is 0.305 e. The Morgan fingerprint density at radius 1 is 1.18 bits per heavy atom. The van der Waals surface area contributed by atoms with Gasteiger partial charge in [-0.2, -0.15) is 0 Å². The van der Waals surface area contributed by atoms with E-state index in [-0.39, 0.29) is 28.6 Å². The van der Waals surface area contributed by atoms with E-state index in [0.717, 1.165) is 60.1 Å². The summed E-state index contributed by atoms with van der Waals surface area (Å²) in [6.45, 7) is 9.76. The van der Waals surface area contributed by atoms with E-state index in [9.17, 15) is 19.8 Å². The summed E-state index contributed by atoms with van der Waals surface area (Å²) in [5, 5.41) is 33.7. The quantitative estimate of drug-likeness (QED) is 0.143. The minimum Gasteiger partial charge on any atom is -0.506 e. The molecule has 2 aromatic carbocycles. The summed E-state index contributed by atoms with van der Waals surface area (Å²) in [4.78, 5) is 44.5. The average Bonchev–Trinajstić information content (AvgIpc) is 3.75. The smallest absolute Gasteiger partial charge is 0.305 e. The van der Waals surface area contributed by atoms with Crippen LogP contribution in [0.15, 0.2) is 46.6 Å². The van der Waals surface area contributed by atoms with Crippen LogP contribution in [0, 0.1) is 0 Å². The van der Waals surface area contributed by atoms with Gasteiger partial charge in [-0.05, 0) is 36.6 Å². The Labute approximate surface area is 292 Å². The van der Waals surface area contributed by atoms with Crippen molar-refractivity contribution >= 4 is 45.3 Å². The molecule has 0 bridgehead atoms. The van der Waals surface area contributed by atoms with Gasteiger partial charge >= 0.3 is 4.87 Å². The molecule has 264 valence electrons. The third-order valence-electron chi connectivity index (χ3n) is 8.75. The van der Waals surface area contributed by atoms with Gasteiger partial charge in [-0.1, -0.05) is 43.4 Å². The molecule has 15 heteroatoms. The fourth-order valence-electron chi connectivity index (χ4n) is 6.08. The number of likely N-dealkylation sites (tertiary alicyclic amines) is 1. The van der Waals surface area contributed by atoms with Crippen molar-refractivity contribution in [3.63, 3.8) is 0 Å². The zero-order valence-electron chi connectivity index (χ0n) is 27.6. The number of phenolic OH excluding ortho intramolecular Hbond substituents is 1. The number of phenols is 1. The largest absolute Gasteiger partial charge is 0.506 e. The van der Waals surface area contributed by atoms with Crippen molar-refractivity contribution in [1.82, 2.24) is 25.1 Å². The number of ether oxygens (including phenoxy) is 2. The van der Waals surface area contributed by atoms with Crippen LogP contribution in [0.2, 0.25) is 0 Å². The standard InChI is InChI=1S/C33H41N5O6S2.CH2O2/c1-21(2)30-35-25(19-45-30)31(41)38-14-16-44-33(20-38)9-11-37(12-10-33)13-15-43-23-5-3-22(4-6-23)17-34-18-27(40)24-7-8-26(39)28-29(24)46-32(42)36-28;2-1-3/h3-8,19,21,27,34,39-40H,9-18,20H2,1-2H3,(H,36,42);1H,(H,2,3). The molecule has 2 fully saturated rings. The lowest BCUT2D eigenvalue weighted by atomic mass is 9.89. The summed E-state index contributed by atoms with van der Waals surface area (Å²) in [7, 11) is 0. The number of aliphatic hydroxyl groups is 1. The van der Waals surface area contributed by atoms with Crippen molar-refractivity contribution in [3.05, 3.63) is 73.3 Å². The molecule has 1 amide bonds. The number of H-pyrrole nitrogens is 1. The summed E-state index contributed by atoms with van der Waals surface area (Å²) in [5.74, 6) is 1.12. The Morgan fingerprint density at radius 3 is 2.61 bits per heavy atom. The molecule has 5 N–H and O–H groups in total. The van der Waals surface area contributed by atoms with Crippen molar-refractivity contribution in [3.8, 4) is 11.5 Å². The number of aromatic amines is 1. The van der Waals surface area contributed by atoms with Gasteiger partial charge in [0.25, 0.3) is 12.4 Å². The Kier molecular flexibility index (Phi) is 12.4. The van der Waals surface area contributed by atoms with Crippen molar-refractivity contribution in [2.45, 2.75) is 50.9 Å². The molecule has 0 radical (unpaired) electrons. The molecule has 2 aliphatic heterocycles. The second-order valence-corrected chi connectivity index (χ2v) is 14.3. The van der Waals surface area contributed by atoms with Crippen LogP contribution in [0.4, 0.5) is 0 Å². The van der Waals surface area contributed by atoms with Gasteiger partial charge in [0.1, 0.15) is 29.3 Å². The highest BCUT2D eigenvalue weighted by Gasteiger charge is 2.41. The van der Waals surface area contributed by atoms with Crippen LogP contribution in [-0.2, 0) is 16.1 Å². The molecular weight excluding hydrogens is 671 g/mol. The number of aliphatic hydroxyl groups excluding tert-OH is 1. The highest BCUT2D eigenvalue weighted by Crippen LogP contribution is 2.32. The van der Waals surface area contributed by atoms with Crippen molar-refractivity contribution in [2.75, 3.05) is 52.5 Å². The van der Waals surface area contributed by atoms with E-state index in [2.05, 4.69) is 34.0 Å². The van der Waals surface area contributed by atoms with Crippen LogP contribution < -0.4 is 14.9 Å². The van der Waals surface area contributed by atoms with Gasteiger partial charge in [0, 0.05) is 56.1 Å². The number of piperidine rings is 1. The van der Waals surface area contributed by atoms with Crippen LogP contribution >= 0.6 is 22.7 Å². The molecule has 2 aliphatic rings.